The van der Waals surface area contributed by atoms with E-state index in [2.05, 4.69) is 6.07 Å². The van der Waals surface area contributed by atoms with Gasteiger partial charge in [-0.25, -0.2) is 4.79 Å². The molecule has 4 heteroatoms. The Bertz CT molecular complexity index is 1060. The molecule has 0 unspecified atom stereocenters. The summed E-state index contributed by atoms with van der Waals surface area (Å²) in [5.74, 6) is 0. The van der Waals surface area contributed by atoms with Gasteiger partial charge < -0.3 is 4.42 Å². The molecule has 0 aliphatic carbocycles. The number of thiophene rings is 1. The third kappa shape index (κ3) is 2.69. The van der Waals surface area contributed by atoms with Gasteiger partial charge >= 0.3 is 5.63 Å². The number of benzene rings is 2. The van der Waals surface area contributed by atoms with E-state index in [4.69, 9.17) is 16.0 Å². The number of rotatable bonds is 2. The van der Waals surface area contributed by atoms with Gasteiger partial charge in [-0.1, -0.05) is 41.9 Å². The lowest BCUT2D eigenvalue weighted by atomic mass is 10.1. The molecule has 0 atom stereocenters. The van der Waals surface area contributed by atoms with Crippen LogP contribution < -0.4 is 5.63 Å². The van der Waals surface area contributed by atoms with Gasteiger partial charge in [0.25, 0.3) is 0 Å². The average Bonchev–Trinajstić information content (AvgIpc) is 3.04. The van der Waals surface area contributed by atoms with E-state index in [0.717, 1.165) is 26.3 Å². The zero-order valence-electron chi connectivity index (χ0n) is 12.0. The Kier molecular flexibility index (Phi) is 3.52. The normalized spacial score (nSPS) is 11.0. The largest absolute Gasteiger partial charge is 0.423 e. The Balaban J connectivity index is 1.88. The Morgan fingerprint density at radius 2 is 1.70 bits per heavy atom. The van der Waals surface area contributed by atoms with Crippen LogP contribution in [0.2, 0.25) is 5.02 Å². The SMILES string of the molecule is O=c1cc(-c2ccc(-c3cccc(Cl)c3)s2)c2ccccc2o1. The van der Waals surface area contributed by atoms with Crippen LogP contribution in [0.5, 0.6) is 0 Å². The molecule has 112 valence electrons. The summed E-state index contributed by atoms with van der Waals surface area (Å²) < 4.78 is 5.26. The monoisotopic (exact) mass is 338 g/mol. The number of halogens is 1. The fraction of sp³-hybridized carbons (Fsp3) is 0. The van der Waals surface area contributed by atoms with Crippen LogP contribution in [0.4, 0.5) is 0 Å². The molecule has 0 N–H and O–H groups in total. The topological polar surface area (TPSA) is 30.2 Å². The Hall–Kier alpha value is -2.36. The molecule has 0 fully saturated rings. The summed E-state index contributed by atoms with van der Waals surface area (Å²) in [6, 6.07) is 21.0. The summed E-state index contributed by atoms with van der Waals surface area (Å²) in [5.41, 5.74) is 2.24. The molecule has 0 aliphatic rings. The summed E-state index contributed by atoms with van der Waals surface area (Å²) in [6.45, 7) is 0. The maximum atomic E-state index is 11.8. The highest BCUT2D eigenvalue weighted by Crippen LogP contribution is 2.37. The van der Waals surface area contributed by atoms with Crippen LogP contribution in [-0.4, -0.2) is 0 Å². The lowest BCUT2D eigenvalue weighted by molar-refractivity contribution is 0.561. The number of hydrogen-bond donors (Lipinski definition) is 0. The fourth-order valence-corrected chi connectivity index (χ4v) is 3.82. The van der Waals surface area contributed by atoms with Crippen molar-refractivity contribution in [3.63, 3.8) is 0 Å². The van der Waals surface area contributed by atoms with Crippen molar-refractivity contribution in [2.75, 3.05) is 0 Å². The summed E-state index contributed by atoms with van der Waals surface area (Å²) >= 11 is 7.70. The first-order valence-corrected chi connectivity index (χ1v) is 8.29. The number of para-hydroxylation sites is 1. The predicted octanol–water partition coefficient (Wildman–Crippen LogP) is 5.84. The van der Waals surface area contributed by atoms with Crippen molar-refractivity contribution in [2.24, 2.45) is 0 Å². The van der Waals surface area contributed by atoms with Crippen molar-refractivity contribution in [3.8, 4) is 20.9 Å². The van der Waals surface area contributed by atoms with Crippen molar-refractivity contribution < 1.29 is 4.42 Å². The van der Waals surface area contributed by atoms with Gasteiger partial charge in [-0.3, -0.25) is 0 Å². The van der Waals surface area contributed by atoms with Gasteiger partial charge in [0.1, 0.15) is 5.58 Å². The molecular formula is C19H11ClO2S. The molecule has 4 rings (SSSR count). The quantitative estimate of drug-likeness (QED) is 0.430. The highest BCUT2D eigenvalue weighted by molar-refractivity contribution is 7.18. The third-order valence-corrected chi connectivity index (χ3v) is 5.03. The Morgan fingerprint density at radius 1 is 0.870 bits per heavy atom. The molecule has 0 aliphatic heterocycles. The van der Waals surface area contributed by atoms with Gasteiger partial charge in [0, 0.05) is 31.8 Å². The summed E-state index contributed by atoms with van der Waals surface area (Å²) in [7, 11) is 0. The molecule has 0 saturated carbocycles. The second kappa shape index (κ2) is 5.69. The Labute approximate surface area is 141 Å². The molecule has 0 saturated heterocycles. The number of fused-ring (bicyclic) bond motifs is 1. The van der Waals surface area contributed by atoms with Crippen LogP contribution in [0, 0.1) is 0 Å². The van der Waals surface area contributed by atoms with Crippen LogP contribution in [0.25, 0.3) is 31.9 Å². The summed E-state index contributed by atoms with van der Waals surface area (Å²) in [5, 5.41) is 1.65. The molecule has 0 radical (unpaired) electrons. The van der Waals surface area contributed by atoms with Crippen LogP contribution in [0.3, 0.4) is 0 Å². The van der Waals surface area contributed by atoms with Gasteiger partial charge in [-0.15, -0.1) is 11.3 Å². The molecule has 0 bridgehead atoms. The van der Waals surface area contributed by atoms with E-state index < -0.39 is 0 Å². The van der Waals surface area contributed by atoms with Gasteiger partial charge in [0.2, 0.25) is 0 Å². The molecule has 2 aromatic heterocycles. The highest BCUT2D eigenvalue weighted by Gasteiger charge is 2.10. The van der Waals surface area contributed by atoms with Crippen molar-refractivity contribution in [1.82, 2.24) is 0 Å². The number of hydrogen-bond acceptors (Lipinski definition) is 3. The summed E-state index contributed by atoms with van der Waals surface area (Å²) in [4.78, 5) is 14.0. The minimum Gasteiger partial charge on any atom is -0.423 e. The van der Waals surface area contributed by atoms with Crippen LogP contribution in [0.15, 0.2) is 75.9 Å². The summed E-state index contributed by atoms with van der Waals surface area (Å²) in [6.07, 6.45) is 0. The lowest BCUT2D eigenvalue weighted by Gasteiger charge is -2.02. The maximum Gasteiger partial charge on any atom is 0.336 e. The van der Waals surface area contributed by atoms with E-state index in [-0.39, 0.29) is 5.63 Å². The smallest absolute Gasteiger partial charge is 0.336 e. The van der Waals surface area contributed by atoms with E-state index in [9.17, 15) is 4.79 Å². The second-order valence-corrected chi connectivity index (χ2v) is 6.67. The zero-order chi connectivity index (χ0) is 15.8. The molecule has 2 aromatic carbocycles. The molecule has 0 amide bonds. The standard InChI is InChI=1S/C19H11ClO2S/c20-13-5-3-4-12(10-13)17-8-9-18(23-17)15-11-19(21)22-16-7-2-1-6-14(15)16/h1-11H. The predicted molar refractivity (Wildman–Crippen MR) is 96.2 cm³/mol. The van der Waals surface area contributed by atoms with E-state index in [1.54, 1.807) is 17.4 Å². The molecule has 23 heavy (non-hydrogen) atoms. The lowest BCUT2D eigenvalue weighted by Crippen LogP contribution is -1.97. The van der Waals surface area contributed by atoms with Crippen molar-refractivity contribution in [3.05, 3.63) is 82.2 Å². The third-order valence-electron chi connectivity index (χ3n) is 3.63. The van der Waals surface area contributed by atoms with Crippen molar-refractivity contribution in [1.29, 1.82) is 0 Å². The highest BCUT2D eigenvalue weighted by atomic mass is 35.5. The first-order chi connectivity index (χ1) is 11.2. The van der Waals surface area contributed by atoms with Gasteiger partial charge in [0.05, 0.1) is 0 Å². The minimum atomic E-state index is -0.337. The van der Waals surface area contributed by atoms with Gasteiger partial charge in [-0.2, -0.15) is 0 Å². The van der Waals surface area contributed by atoms with Crippen LogP contribution in [0.1, 0.15) is 0 Å². The van der Waals surface area contributed by atoms with Crippen LogP contribution in [-0.2, 0) is 0 Å². The second-order valence-electron chi connectivity index (χ2n) is 5.15. The van der Waals surface area contributed by atoms with E-state index in [1.165, 1.54) is 0 Å². The maximum absolute atomic E-state index is 11.8. The first-order valence-electron chi connectivity index (χ1n) is 7.10. The van der Waals surface area contributed by atoms with E-state index in [0.29, 0.717) is 10.6 Å². The zero-order valence-corrected chi connectivity index (χ0v) is 13.5. The molecule has 0 spiro atoms. The molecule has 2 heterocycles. The molecule has 4 aromatic rings. The van der Waals surface area contributed by atoms with Crippen LogP contribution >= 0.6 is 22.9 Å². The van der Waals surface area contributed by atoms with E-state index in [1.807, 2.05) is 54.6 Å². The van der Waals surface area contributed by atoms with Crippen molar-refractivity contribution >= 4 is 33.9 Å². The van der Waals surface area contributed by atoms with E-state index >= 15 is 0 Å². The minimum absolute atomic E-state index is 0.337. The fourth-order valence-electron chi connectivity index (χ4n) is 2.59. The first kappa shape index (κ1) is 14.2. The van der Waals surface area contributed by atoms with Gasteiger partial charge in [0.15, 0.2) is 0 Å². The molecular weight excluding hydrogens is 328 g/mol. The Morgan fingerprint density at radius 3 is 2.57 bits per heavy atom. The molecule has 2 nitrogen and oxygen atoms in total. The average molecular weight is 339 g/mol. The van der Waals surface area contributed by atoms with Crippen molar-refractivity contribution in [2.45, 2.75) is 0 Å². The van der Waals surface area contributed by atoms with Gasteiger partial charge in [-0.05, 0) is 35.9 Å².